The van der Waals surface area contributed by atoms with Crippen LogP contribution in [0.1, 0.15) is 95.9 Å². The van der Waals surface area contributed by atoms with Crippen LogP contribution in [0.3, 0.4) is 0 Å². The Hall–Kier alpha value is -4.89. The van der Waals surface area contributed by atoms with E-state index >= 15 is 0 Å². The van der Waals surface area contributed by atoms with E-state index in [9.17, 15) is 0 Å². The molecule has 8 aromatic rings. The highest BCUT2D eigenvalue weighted by molar-refractivity contribution is 6.19. The summed E-state index contributed by atoms with van der Waals surface area (Å²) in [5.41, 5.74) is 11.9. The van der Waals surface area contributed by atoms with Crippen LogP contribution in [-0.2, 0) is 10.8 Å². The molecule has 0 radical (unpaired) electrons. The number of benzene rings is 6. The second-order valence-corrected chi connectivity index (χ2v) is 16.3. The summed E-state index contributed by atoms with van der Waals surface area (Å²) in [6, 6.07) is 35.9. The van der Waals surface area contributed by atoms with Crippen molar-refractivity contribution in [1.29, 1.82) is 0 Å². The minimum atomic E-state index is 0.0745. The molecule has 1 aliphatic carbocycles. The van der Waals surface area contributed by atoms with Gasteiger partial charge in [0.25, 0.3) is 0 Å². The molecule has 0 N–H and O–H groups in total. The van der Waals surface area contributed by atoms with Gasteiger partial charge in [-0.2, -0.15) is 0 Å². The van der Waals surface area contributed by atoms with E-state index in [1.807, 2.05) is 0 Å². The molecular formula is C46H44N2O. The van der Waals surface area contributed by atoms with Crippen LogP contribution in [0, 0.1) is 0 Å². The number of para-hydroxylation sites is 4. The minimum Gasteiger partial charge on any atom is -0.455 e. The Kier molecular flexibility index (Phi) is 6.35. The molecule has 244 valence electrons. The number of nitrogens with zero attached hydrogens (tertiary/aromatic N) is 2. The predicted octanol–water partition coefficient (Wildman–Crippen LogP) is 13.1. The summed E-state index contributed by atoms with van der Waals surface area (Å²) in [7, 11) is 0. The quantitative estimate of drug-likeness (QED) is 0.179. The molecule has 3 heteroatoms. The summed E-state index contributed by atoms with van der Waals surface area (Å²) in [5.74, 6) is 1.62. The van der Waals surface area contributed by atoms with Gasteiger partial charge in [0.05, 0.1) is 22.3 Å². The molecule has 0 fully saturated rings. The molecule has 2 aromatic heterocycles. The van der Waals surface area contributed by atoms with E-state index in [1.165, 1.54) is 49.5 Å². The molecule has 0 bridgehead atoms. The molecule has 0 saturated carbocycles. The Morgan fingerprint density at radius 1 is 0.653 bits per heavy atom. The highest BCUT2D eigenvalue weighted by Crippen LogP contribution is 2.51. The standard InChI is InChI=1S/C46H44N2O/c1-26(2)29-14-11-15-30(27(3)4)42(29)48-39-21-10-9-20-38(39)47-44(48)33-18-12-17-32-35-22-28-23-37-41-31(34(28)24-40(35)49-43(32)33)16-13-19-36(41)45(5,6)25-46(37,7)8/h9-24,26-27H,25H2,1-8H3. The highest BCUT2D eigenvalue weighted by Gasteiger charge is 2.39. The van der Waals surface area contributed by atoms with E-state index in [0.717, 1.165) is 50.8 Å². The highest BCUT2D eigenvalue weighted by atomic mass is 16.3. The second kappa shape index (κ2) is 10.3. The number of imidazole rings is 1. The molecule has 0 atom stereocenters. The van der Waals surface area contributed by atoms with Crippen molar-refractivity contribution in [3.05, 3.63) is 119 Å². The number of rotatable bonds is 4. The van der Waals surface area contributed by atoms with Gasteiger partial charge >= 0.3 is 0 Å². The second-order valence-electron chi connectivity index (χ2n) is 16.3. The third kappa shape index (κ3) is 4.30. The molecule has 1 aliphatic rings. The van der Waals surface area contributed by atoms with E-state index in [4.69, 9.17) is 9.40 Å². The molecule has 3 nitrogen and oxygen atoms in total. The molecule has 0 saturated heterocycles. The van der Waals surface area contributed by atoms with Gasteiger partial charge in [-0.05, 0) is 109 Å². The molecule has 2 heterocycles. The van der Waals surface area contributed by atoms with Crippen LogP contribution in [0.2, 0.25) is 0 Å². The molecule has 6 aromatic carbocycles. The lowest BCUT2D eigenvalue weighted by Gasteiger charge is -2.42. The maximum absolute atomic E-state index is 6.97. The topological polar surface area (TPSA) is 31.0 Å². The molecule has 0 amide bonds. The Balaban J connectivity index is 1.36. The van der Waals surface area contributed by atoms with Gasteiger partial charge in [0.1, 0.15) is 17.0 Å². The first kappa shape index (κ1) is 30.2. The summed E-state index contributed by atoms with van der Waals surface area (Å²) in [4.78, 5) is 5.35. The number of fused-ring (bicyclic) bond motifs is 6. The van der Waals surface area contributed by atoms with Crippen LogP contribution in [0.4, 0.5) is 0 Å². The Bertz CT molecular complexity index is 2620. The Morgan fingerprint density at radius 2 is 1.33 bits per heavy atom. The zero-order valence-corrected chi connectivity index (χ0v) is 29.9. The van der Waals surface area contributed by atoms with E-state index in [0.29, 0.717) is 11.8 Å². The fourth-order valence-electron chi connectivity index (χ4n) is 9.28. The van der Waals surface area contributed by atoms with Crippen molar-refractivity contribution in [2.45, 2.75) is 84.5 Å². The average molecular weight is 641 g/mol. The first-order chi connectivity index (χ1) is 23.4. The molecule has 49 heavy (non-hydrogen) atoms. The number of hydrogen-bond donors (Lipinski definition) is 0. The fourth-order valence-corrected chi connectivity index (χ4v) is 9.28. The first-order valence-electron chi connectivity index (χ1n) is 17.9. The van der Waals surface area contributed by atoms with Gasteiger partial charge in [-0.15, -0.1) is 0 Å². The lowest BCUT2D eigenvalue weighted by molar-refractivity contribution is 0.341. The third-order valence-corrected chi connectivity index (χ3v) is 11.3. The number of aromatic nitrogens is 2. The van der Waals surface area contributed by atoms with Gasteiger partial charge in [0.2, 0.25) is 0 Å². The summed E-state index contributed by atoms with van der Waals surface area (Å²) in [5, 5.41) is 7.54. The zero-order valence-electron chi connectivity index (χ0n) is 29.9. The smallest absolute Gasteiger partial charge is 0.149 e. The molecule has 9 rings (SSSR count). The molecule has 0 unspecified atom stereocenters. The molecular weight excluding hydrogens is 597 g/mol. The van der Waals surface area contributed by atoms with Crippen LogP contribution in [0.15, 0.2) is 101 Å². The largest absolute Gasteiger partial charge is 0.455 e. The van der Waals surface area contributed by atoms with Gasteiger partial charge < -0.3 is 4.42 Å². The molecule has 0 aliphatic heterocycles. The van der Waals surface area contributed by atoms with Crippen molar-refractivity contribution < 1.29 is 4.42 Å². The van der Waals surface area contributed by atoms with Crippen LogP contribution in [-0.4, -0.2) is 9.55 Å². The lowest BCUT2D eigenvalue weighted by Crippen LogP contribution is -2.34. The normalized spacial score (nSPS) is 15.6. The third-order valence-electron chi connectivity index (χ3n) is 11.3. The van der Waals surface area contributed by atoms with Gasteiger partial charge in [0.15, 0.2) is 0 Å². The van der Waals surface area contributed by atoms with Crippen molar-refractivity contribution in [3.63, 3.8) is 0 Å². The van der Waals surface area contributed by atoms with E-state index in [2.05, 4.69) is 157 Å². The van der Waals surface area contributed by atoms with Crippen LogP contribution < -0.4 is 0 Å². The predicted molar refractivity (Wildman–Crippen MR) is 208 cm³/mol. The number of furan rings is 1. The summed E-state index contributed by atoms with van der Waals surface area (Å²) in [6.07, 6.45) is 1.12. The van der Waals surface area contributed by atoms with Crippen molar-refractivity contribution in [1.82, 2.24) is 9.55 Å². The zero-order chi connectivity index (χ0) is 34.0. The first-order valence-corrected chi connectivity index (χ1v) is 17.9. The lowest BCUT2D eigenvalue weighted by atomic mass is 9.61. The maximum atomic E-state index is 6.97. The van der Waals surface area contributed by atoms with E-state index < -0.39 is 0 Å². The Labute approximate surface area is 288 Å². The van der Waals surface area contributed by atoms with Crippen molar-refractivity contribution in [2.75, 3.05) is 0 Å². The average Bonchev–Trinajstić information content (AvgIpc) is 3.63. The van der Waals surface area contributed by atoms with Crippen LogP contribution in [0.25, 0.3) is 71.6 Å². The van der Waals surface area contributed by atoms with Crippen LogP contribution in [0.5, 0.6) is 0 Å². The van der Waals surface area contributed by atoms with Gasteiger partial charge in [-0.1, -0.05) is 116 Å². The van der Waals surface area contributed by atoms with Gasteiger partial charge in [-0.3, -0.25) is 4.57 Å². The van der Waals surface area contributed by atoms with Crippen LogP contribution >= 0.6 is 0 Å². The summed E-state index contributed by atoms with van der Waals surface area (Å²) in [6.45, 7) is 18.8. The summed E-state index contributed by atoms with van der Waals surface area (Å²) >= 11 is 0. The van der Waals surface area contributed by atoms with Gasteiger partial charge in [-0.25, -0.2) is 4.98 Å². The van der Waals surface area contributed by atoms with Crippen molar-refractivity contribution in [2.24, 2.45) is 0 Å². The van der Waals surface area contributed by atoms with Gasteiger partial charge in [0, 0.05) is 10.8 Å². The van der Waals surface area contributed by atoms with Crippen molar-refractivity contribution in [3.8, 4) is 17.1 Å². The van der Waals surface area contributed by atoms with E-state index in [1.54, 1.807) is 0 Å². The fraction of sp³-hybridized carbons (Fsp3) is 0.283. The minimum absolute atomic E-state index is 0.0745. The maximum Gasteiger partial charge on any atom is 0.149 e. The monoisotopic (exact) mass is 640 g/mol. The van der Waals surface area contributed by atoms with E-state index in [-0.39, 0.29) is 10.8 Å². The molecule has 0 spiro atoms. The summed E-state index contributed by atoms with van der Waals surface area (Å²) < 4.78 is 9.37. The Morgan fingerprint density at radius 3 is 2.08 bits per heavy atom. The number of hydrogen-bond acceptors (Lipinski definition) is 2. The van der Waals surface area contributed by atoms with Crippen molar-refractivity contribution >= 4 is 54.5 Å². The SMILES string of the molecule is CC(C)c1cccc(C(C)C)c1-n1c(-c2cccc3c2oc2cc4c(cc5c6c(cccc64)C(C)(C)CC5(C)C)cc23)nc2ccccc21.